The molecule has 0 N–H and O–H groups in total. The van der Waals surface area contributed by atoms with Crippen molar-refractivity contribution in [3.05, 3.63) is 66.1 Å². The molecule has 0 radical (unpaired) electrons. The molecule has 0 unspecified atom stereocenters. The summed E-state index contributed by atoms with van der Waals surface area (Å²) in [5, 5.41) is 4.14. The second kappa shape index (κ2) is 7.02. The summed E-state index contributed by atoms with van der Waals surface area (Å²) in [4.78, 5) is 18.1. The van der Waals surface area contributed by atoms with E-state index in [1.165, 1.54) is 18.4 Å². The van der Waals surface area contributed by atoms with Gasteiger partial charge >= 0.3 is 6.18 Å². The predicted octanol–water partition coefficient (Wildman–Crippen LogP) is 3.17. The van der Waals surface area contributed by atoms with Gasteiger partial charge in [0.05, 0.1) is 11.6 Å². The highest BCUT2D eigenvalue weighted by Crippen LogP contribution is 2.31. The van der Waals surface area contributed by atoms with E-state index in [2.05, 4.69) is 10.1 Å². The molecule has 10 heteroatoms. The Bertz CT molecular complexity index is 963. The first-order valence-corrected chi connectivity index (χ1v) is 8.43. The van der Waals surface area contributed by atoms with Crippen molar-refractivity contribution in [3.8, 4) is 5.75 Å². The Morgan fingerprint density at radius 2 is 2.11 bits per heavy atom. The number of likely N-dealkylation sites (tertiary alicyclic amines) is 1. The molecule has 3 heterocycles. The standard InChI is InChI=1S/C18H15F3N4O3/c19-18(20,21)12-3-1-4-14(7-12)27-11-16-23-15(10-28-16)17(26)24-8-13(9-24)25-6-2-5-22-25/h1-7,10,13H,8-9,11H2. The third kappa shape index (κ3) is 3.71. The molecule has 3 aromatic rings. The van der Waals surface area contributed by atoms with Crippen molar-refractivity contribution >= 4 is 5.91 Å². The van der Waals surface area contributed by atoms with E-state index < -0.39 is 11.7 Å². The molecule has 1 aliphatic rings. The van der Waals surface area contributed by atoms with Crippen LogP contribution in [-0.2, 0) is 12.8 Å². The van der Waals surface area contributed by atoms with Crippen molar-refractivity contribution in [1.29, 1.82) is 0 Å². The van der Waals surface area contributed by atoms with Crippen LogP contribution in [0.2, 0.25) is 0 Å². The van der Waals surface area contributed by atoms with Gasteiger partial charge in [0.1, 0.15) is 12.0 Å². The average Bonchev–Trinajstić information content (AvgIpc) is 3.30. The fourth-order valence-electron chi connectivity index (χ4n) is 2.83. The number of halogens is 3. The Morgan fingerprint density at radius 3 is 2.82 bits per heavy atom. The van der Waals surface area contributed by atoms with Crippen LogP contribution in [0, 0.1) is 0 Å². The summed E-state index contributed by atoms with van der Waals surface area (Å²) in [5.74, 6) is -0.145. The molecular weight excluding hydrogens is 377 g/mol. The third-order valence-corrected chi connectivity index (χ3v) is 4.34. The molecule has 0 saturated carbocycles. The molecule has 1 amide bonds. The van der Waals surface area contributed by atoms with Crippen molar-refractivity contribution in [2.45, 2.75) is 18.8 Å². The lowest BCUT2D eigenvalue weighted by molar-refractivity contribution is -0.137. The Balaban J connectivity index is 1.33. The van der Waals surface area contributed by atoms with Crippen molar-refractivity contribution < 1.29 is 27.1 Å². The number of rotatable bonds is 5. The lowest BCUT2D eigenvalue weighted by Crippen LogP contribution is -2.50. The number of aromatic nitrogens is 3. The van der Waals surface area contributed by atoms with E-state index in [-0.39, 0.29) is 35.9 Å². The number of carbonyl (C=O) groups excluding carboxylic acids is 1. The summed E-state index contributed by atoms with van der Waals surface area (Å²) in [5.41, 5.74) is -0.681. The summed E-state index contributed by atoms with van der Waals surface area (Å²) in [6.45, 7) is 0.845. The zero-order valence-electron chi connectivity index (χ0n) is 14.5. The Morgan fingerprint density at radius 1 is 1.29 bits per heavy atom. The quantitative estimate of drug-likeness (QED) is 0.667. The van der Waals surface area contributed by atoms with Crippen LogP contribution < -0.4 is 4.74 Å². The van der Waals surface area contributed by atoms with Crippen LogP contribution in [-0.4, -0.2) is 38.7 Å². The number of benzene rings is 1. The van der Waals surface area contributed by atoms with E-state index >= 15 is 0 Å². The molecule has 0 aliphatic carbocycles. The molecular formula is C18H15F3N4O3. The second-order valence-electron chi connectivity index (χ2n) is 6.29. The summed E-state index contributed by atoms with van der Waals surface area (Å²) < 4.78 is 50.5. The van der Waals surface area contributed by atoms with Gasteiger partial charge in [-0.3, -0.25) is 9.48 Å². The second-order valence-corrected chi connectivity index (χ2v) is 6.29. The lowest BCUT2D eigenvalue weighted by Gasteiger charge is -2.38. The smallest absolute Gasteiger partial charge is 0.416 e. The summed E-state index contributed by atoms with van der Waals surface area (Å²) in [6.07, 6.45) is 0.284. The normalized spacial score (nSPS) is 14.8. The van der Waals surface area contributed by atoms with Crippen LogP contribution in [0.15, 0.2) is 53.4 Å². The number of ether oxygens (including phenoxy) is 1. The number of oxazole rings is 1. The van der Waals surface area contributed by atoms with Crippen LogP contribution >= 0.6 is 0 Å². The molecule has 146 valence electrons. The van der Waals surface area contributed by atoms with Crippen molar-refractivity contribution in [3.63, 3.8) is 0 Å². The van der Waals surface area contributed by atoms with Gasteiger partial charge in [0.2, 0.25) is 5.89 Å². The number of amides is 1. The van der Waals surface area contributed by atoms with Gasteiger partial charge in [-0.2, -0.15) is 18.3 Å². The molecule has 0 atom stereocenters. The first-order valence-electron chi connectivity index (χ1n) is 8.43. The average molecular weight is 392 g/mol. The Kier molecular flexibility index (Phi) is 4.54. The highest BCUT2D eigenvalue weighted by molar-refractivity contribution is 5.92. The molecule has 4 rings (SSSR count). The maximum absolute atomic E-state index is 12.7. The molecule has 7 nitrogen and oxygen atoms in total. The van der Waals surface area contributed by atoms with Gasteiger partial charge in [0.25, 0.3) is 5.91 Å². The first-order chi connectivity index (χ1) is 13.4. The van der Waals surface area contributed by atoms with Crippen LogP contribution in [0.5, 0.6) is 5.75 Å². The highest BCUT2D eigenvalue weighted by Gasteiger charge is 2.34. The maximum atomic E-state index is 12.7. The molecule has 1 fully saturated rings. The molecule has 28 heavy (non-hydrogen) atoms. The number of hydrogen-bond acceptors (Lipinski definition) is 5. The molecule has 0 bridgehead atoms. The minimum Gasteiger partial charge on any atom is -0.484 e. The van der Waals surface area contributed by atoms with Crippen molar-refractivity contribution in [2.75, 3.05) is 13.1 Å². The summed E-state index contributed by atoms with van der Waals surface area (Å²) in [6, 6.07) is 6.46. The van der Waals surface area contributed by atoms with Crippen LogP contribution in [0.1, 0.15) is 28.0 Å². The third-order valence-electron chi connectivity index (χ3n) is 4.34. The number of nitrogens with zero attached hydrogens (tertiary/aromatic N) is 4. The number of hydrogen-bond donors (Lipinski definition) is 0. The number of alkyl halides is 3. The van der Waals surface area contributed by atoms with Crippen LogP contribution in [0.4, 0.5) is 13.2 Å². The Labute approximate surface area is 157 Å². The van der Waals surface area contributed by atoms with Crippen LogP contribution in [0.25, 0.3) is 0 Å². The van der Waals surface area contributed by atoms with Gasteiger partial charge in [-0.25, -0.2) is 4.98 Å². The van der Waals surface area contributed by atoms with Gasteiger partial charge in [-0.05, 0) is 24.3 Å². The van der Waals surface area contributed by atoms with Gasteiger partial charge in [0, 0.05) is 25.5 Å². The zero-order valence-corrected chi connectivity index (χ0v) is 14.5. The fourth-order valence-corrected chi connectivity index (χ4v) is 2.83. The van der Waals surface area contributed by atoms with E-state index in [0.717, 1.165) is 12.1 Å². The minimum absolute atomic E-state index is 0.0331. The first kappa shape index (κ1) is 18.1. The van der Waals surface area contributed by atoms with E-state index in [1.54, 1.807) is 15.8 Å². The molecule has 0 spiro atoms. The summed E-state index contributed by atoms with van der Waals surface area (Å²) in [7, 11) is 0. The molecule has 1 aromatic carbocycles. The lowest BCUT2D eigenvalue weighted by atomic mass is 10.1. The molecule has 1 aliphatic heterocycles. The van der Waals surface area contributed by atoms with Crippen molar-refractivity contribution in [2.24, 2.45) is 0 Å². The Hall–Kier alpha value is -3.30. The summed E-state index contributed by atoms with van der Waals surface area (Å²) >= 11 is 0. The predicted molar refractivity (Wildman–Crippen MR) is 89.4 cm³/mol. The van der Waals surface area contributed by atoms with Gasteiger partial charge < -0.3 is 14.1 Å². The van der Waals surface area contributed by atoms with Gasteiger partial charge in [-0.15, -0.1) is 0 Å². The largest absolute Gasteiger partial charge is 0.484 e. The fraction of sp³-hybridized carbons (Fsp3) is 0.278. The van der Waals surface area contributed by atoms with Crippen molar-refractivity contribution in [1.82, 2.24) is 19.7 Å². The van der Waals surface area contributed by atoms with Gasteiger partial charge in [0.15, 0.2) is 12.3 Å². The van der Waals surface area contributed by atoms with Crippen LogP contribution in [0.3, 0.4) is 0 Å². The van der Waals surface area contributed by atoms with E-state index in [1.807, 2.05) is 12.3 Å². The zero-order chi connectivity index (χ0) is 19.7. The highest BCUT2D eigenvalue weighted by atomic mass is 19.4. The molecule has 1 saturated heterocycles. The van der Waals surface area contributed by atoms with E-state index in [0.29, 0.717) is 13.1 Å². The maximum Gasteiger partial charge on any atom is 0.416 e. The number of carbonyl (C=O) groups is 1. The topological polar surface area (TPSA) is 73.4 Å². The van der Waals surface area contributed by atoms with Gasteiger partial charge in [-0.1, -0.05) is 6.07 Å². The SMILES string of the molecule is O=C(c1coc(COc2cccc(C(F)(F)F)c2)n1)N1CC(n2cccn2)C1. The monoisotopic (exact) mass is 392 g/mol. The van der Waals surface area contributed by atoms with E-state index in [9.17, 15) is 18.0 Å². The molecule has 2 aromatic heterocycles. The minimum atomic E-state index is -4.45. The van der Waals surface area contributed by atoms with E-state index in [4.69, 9.17) is 9.15 Å².